The maximum atomic E-state index is 6.02. The maximum Gasteiger partial charge on any atom is 0.151 e. The van der Waals surface area contributed by atoms with Crippen molar-refractivity contribution in [2.75, 3.05) is 12.3 Å². The van der Waals surface area contributed by atoms with Gasteiger partial charge in [-0.1, -0.05) is 6.07 Å². The van der Waals surface area contributed by atoms with Crippen LogP contribution in [0.15, 0.2) is 36.5 Å². The second-order valence-corrected chi connectivity index (χ2v) is 4.87. The van der Waals surface area contributed by atoms with Gasteiger partial charge in [-0.05, 0) is 24.3 Å². The normalized spacial score (nSPS) is 14.4. The van der Waals surface area contributed by atoms with Gasteiger partial charge in [0.25, 0.3) is 0 Å². The fraction of sp³-hybridized carbons (Fsp3) is 0.200. The lowest BCUT2D eigenvalue weighted by atomic mass is 10.1. The number of aromatic nitrogens is 3. The molecule has 0 aliphatic carbocycles. The molecular formula is C15H14N4O. The largest absolute Gasteiger partial charge is 0.382 e. The van der Waals surface area contributed by atoms with E-state index in [1.807, 2.05) is 28.9 Å². The highest BCUT2D eigenvalue weighted by Crippen LogP contribution is 2.28. The summed E-state index contributed by atoms with van der Waals surface area (Å²) in [5, 5.41) is 5.58. The number of pyridine rings is 1. The molecule has 0 saturated carbocycles. The van der Waals surface area contributed by atoms with Crippen molar-refractivity contribution in [1.82, 2.24) is 14.8 Å². The number of anilines is 1. The van der Waals surface area contributed by atoms with Gasteiger partial charge in [-0.2, -0.15) is 5.10 Å². The minimum atomic E-state index is 0.546. The zero-order valence-electron chi connectivity index (χ0n) is 10.9. The Morgan fingerprint density at radius 1 is 1.20 bits per heavy atom. The average molecular weight is 266 g/mol. The van der Waals surface area contributed by atoms with Gasteiger partial charge in [0, 0.05) is 23.6 Å². The first-order chi connectivity index (χ1) is 9.84. The van der Waals surface area contributed by atoms with E-state index in [2.05, 4.69) is 16.1 Å². The van der Waals surface area contributed by atoms with Crippen LogP contribution in [0.25, 0.3) is 16.6 Å². The van der Waals surface area contributed by atoms with Crippen LogP contribution in [0.2, 0.25) is 0 Å². The fourth-order valence-electron chi connectivity index (χ4n) is 2.73. The first-order valence-corrected chi connectivity index (χ1v) is 6.63. The van der Waals surface area contributed by atoms with Gasteiger partial charge in [-0.15, -0.1) is 0 Å². The number of hydrogen-bond acceptors (Lipinski definition) is 4. The summed E-state index contributed by atoms with van der Waals surface area (Å²) in [6.45, 7) is 1.26. The monoisotopic (exact) mass is 266 g/mol. The zero-order valence-corrected chi connectivity index (χ0v) is 10.9. The molecule has 0 saturated heterocycles. The van der Waals surface area contributed by atoms with Crippen LogP contribution in [-0.4, -0.2) is 21.4 Å². The molecule has 0 fully saturated rings. The summed E-state index contributed by atoms with van der Waals surface area (Å²) in [4.78, 5) is 4.39. The molecule has 2 N–H and O–H groups in total. The van der Waals surface area contributed by atoms with E-state index in [9.17, 15) is 0 Å². The molecule has 4 rings (SSSR count). The van der Waals surface area contributed by atoms with Gasteiger partial charge in [0.1, 0.15) is 0 Å². The Labute approximate surface area is 116 Å². The maximum absolute atomic E-state index is 6.02. The molecule has 0 unspecified atom stereocenters. The van der Waals surface area contributed by atoms with Crippen molar-refractivity contribution in [1.29, 1.82) is 0 Å². The van der Waals surface area contributed by atoms with Crippen LogP contribution in [-0.2, 0) is 17.8 Å². The molecule has 0 radical (unpaired) electrons. The Morgan fingerprint density at radius 2 is 2.15 bits per heavy atom. The van der Waals surface area contributed by atoms with E-state index in [0.717, 1.165) is 34.3 Å². The summed E-state index contributed by atoms with van der Waals surface area (Å²) < 4.78 is 7.41. The number of nitrogens with two attached hydrogens (primary N) is 1. The third-order valence-electron chi connectivity index (χ3n) is 3.70. The lowest BCUT2D eigenvalue weighted by molar-refractivity contribution is 0.110. The van der Waals surface area contributed by atoms with Crippen LogP contribution in [0.4, 0.5) is 5.82 Å². The van der Waals surface area contributed by atoms with Gasteiger partial charge in [-0.25, -0.2) is 4.68 Å². The van der Waals surface area contributed by atoms with E-state index in [1.54, 1.807) is 6.20 Å². The highest BCUT2D eigenvalue weighted by atomic mass is 16.5. The first-order valence-electron chi connectivity index (χ1n) is 6.63. The van der Waals surface area contributed by atoms with Crippen molar-refractivity contribution in [3.05, 3.63) is 47.8 Å². The Bertz CT molecular complexity index is 788. The molecule has 5 nitrogen and oxygen atoms in total. The first kappa shape index (κ1) is 11.4. The van der Waals surface area contributed by atoms with Gasteiger partial charge in [0.2, 0.25) is 0 Å². The van der Waals surface area contributed by atoms with Crippen molar-refractivity contribution < 1.29 is 4.74 Å². The summed E-state index contributed by atoms with van der Waals surface area (Å²) in [6.07, 6.45) is 2.63. The Kier molecular flexibility index (Phi) is 2.47. The van der Waals surface area contributed by atoms with Crippen LogP contribution in [0.1, 0.15) is 11.3 Å². The van der Waals surface area contributed by atoms with Crippen molar-refractivity contribution >= 4 is 16.7 Å². The van der Waals surface area contributed by atoms with Crippen molar-refractivity contribution in [3.63, 3.8) is 0 Å². The predicted octanol–water partition coefficient (Wildman–Crippen LogP) is 2.08. The highest BCUT2D eigenvalue weighted by Gasteiger charge is 2.21. The summed E-state index contributed by atoms with van der Waals surface area (Å²) in [5.41, 5.74) is 10.1. The summed E-state index contributed by atoms with van der Waals surface area (Å²) >= 11 is 0. The van der Waals surface area contributed by atoms with E-state index >= 15 is 0 Å². The molecule has 5 heteroatoms. The third-order valence-corrected chi connectivity index (χ3v) is 3.70. The van der Waals surface area contributed by atoms with E-state index in [0.29, 0.717) is 19.0 Å². The van der Waals surface area contributed by atoms with Crippen molar-refractivity contribution in [2.24, 2.45) is 0 Å². The SMILES string of the molecule is Nc1nn(-c2cccc3ncccc23)c2c1COCC2. The molecule has 3 heterocycles. The van der Waals surface area contributed by atoms with E-state index < -0.39 is 0 Å². The molecule has 1 aliphatic heterocycles. The second-order valence-electron chi connectivity index (χ2n) is 4.87. The van der Waals surface area contributed by atoms with Gasteiger partial charge >= 0.3 is 0 Å². The number of nitrogens with zero attached hydrogens (tertiary/aromatic N) is 3. The smallest absolute Gasteiger partial charge is 0.151 e. The van der Waals surface area contributed by atoms with Crippen LogP contribution >= 0.6 is 0 Å². The number of nitrogen functional groups attached to an aromatic ring is 1. The van der Waals surface area contributed by atoms with Crippen LogP contribution in [0, 0.1) is 0 Å². The minimum Gasteiger partial charge on any atom is -0.382 e. The molecule has 0 atom stereocenters. The second kappa shape index (κ2) is 4.31. The third kappa shape index (κ3) is 1.60. The predicted molar refractivity (Wildman–Crippen MR) is 76.6 cm³/mol. The van der Waals surface area contributed by atoms with E-state index in [4.69, 9.17) is 10.5 Å². The standard InChI is InChI=1S/C15H14N4O/c16-15-11-9-20-8-6-14(11)19(18-15)13-5-1-4-12-10(13)3-2-7-17-12/h1-5,7H,6,8-9H2,(H2,16,18). The Balaban J connectivity index is 2.00. The van der Waals surface area contributed by atoms with E-state index in [1.165, 1.54) is 0 Å². The van der Waals surface area contributed by atoms with Gasteiger partial charge in [-0.3, -0.25) is 4.98 Å². The van der Waals surface area contributed by atoms with Crippen LogP contribution < -0.4 is 5.73 Å². The number of fused-ring (bicyclic) bond motifs is 2. The van der Waals surface area contributed by atoms with Gasteiger partial charge in [0.15, 0.2) is 5.82 Å². The number of rotatable bonds is 1. The molecule has 2 aromatic heterocycles. The van der Waals surface area contributed by atoms with Gasteiger partial charge in [0.05, 0.1) is 30.1 Å². The van der Waals surface area contributed by atoms with Crippen LogP contribution in [0.5, 0.6) is 0 Å². The molecule has 3 aromatic rings. The summed E-state index contributed by atoms with van der Waals surface area (Å²) in [7, 11) is 0. The average Bonchev–Trinajstić information content (AvgIpc) is 2.84. The number of ether oxygens (including phenoxy) is 1. The summed E-state index contributed by atoms with van der Waals surface area (Å²) in [5.74, 6) is 0.556. The molecule has 1 aromatic carbocycles. The Hall–Kier alpha value is -2.40. The van der Waals surface area contributed by atoms with Crippen LogP contribution in [0.3, 0.4) is 0 Å². The zero-order chi connectivity index (χ0) is 13.5. The molecule has 0 amide bonds. The lowest BCUT2D eigenvalue weighted by Crippen LogP contribution is -2.13. The van der Waals surface area contributed by atoms with Crippen molar-refractivity contribution in [3.8, 4) is 5.69 Å². The number of benzene rings is 1. The molecule has 0 spiro atoms. The fourth-order valence-corrected chi connectivity index (χ4v) is 2.73. The topological polar surface area (TPSA) is 66.0 Å². The van der Waals surface area contributed by atoms with E-state index in [-0.39, 0.29) is 0 Å². The molecule has 0 bridgehead atoms. The van der Waals surface area contributed by atoms with Crippen molar-refractivity contribution in [2.45, 2.75) is 13.0 Å². The quantitative estimate of drug-likeness (QED) is 0.732. The Morgan fingerprint density at radius 3 is 3.10 bits per heavy atom. The number of hydrogen-bond donors (Lipinski definition) is 1. The molecule has 1 aliphatic rings. The minimum absolute atomic E-state index is 0.546. The molecular weight excluding hydrogens is 252 g/mol. The summed E-state index contributed by atoms with van der Waals surface area (Å²) in [6, 6.07) is 10.0. The molecule has 100 valence electrons. The molecule has 20 heavy (non-hydrogen) atoms. The lowest BCUT2D eigenvalue weighted by Gasteiger charge is -2.15. The highest BCUT2D eigenvalue weighted by molar-refractivity contribution is 5.87. The van der Waals surface area contributed by atoms with Gasteiger partial charge < -0.3 is 10.5 Å².